The van der Waals surface area contributed by atoms with Gasteiger partial charge in [0.2, 0.25) is 0 Å². The van der Waals surface area contributed by atoms with E-state index in [0.29, 0.717) is 5.56 Å². The van der Waals surface area contributed by atoms with E-state index in [2.05, 4.69) is 28.9 Å². The molecule has 0 atom stereocenters. The molecule has 0 aliphatic carbocycles. The summed E-state index contributed by atoms with van der Waals surface area (Å²) in [6.07, 6.45) is 5.37. The molecule has 0 aliphatic rings. The molecule has 0 aromatic heterocycles. The molecule has 0 amide bonds. The molecule has 0 N–H and O–H groups in total. The maximum absolute atomic E-state index is 11.5. The molecule has 0 fully saturated rings. The van der Waals surface area contributed by atoms with Crippen LogP contribution in [-0.2, 0) is 4.74 Å². The lowest BCUT2D eigenvalue weighted by Crippen LogP contribution is -2.22. The van der Waals surface area contributed by atoms with E-state index in [1.807, 2.05) is 36.7 Å². The summed E-state index contributed by atoms with van der Waals surface area (Å²) in [7, 11) is 1.38. The Bertz CT molecular complexity index is 651. The van der Waals surface area contributed by atoms with Gasteiger partial charge in [0.15, 0.2) is 0 Å². The van der Waals surface area contributed by atoms with Crippen LogP contribution in [0.4, 0.5) is 11.4 Å². The maximum atomic E-state index is 11.5. The maximum Gasteiger partial charge on any atom is 0.337 e. The van der Waals surface area contributed by atoms with Gasteiger partial charge in [-0.2, -0.15) is 0 Å². The third-order valence-electron chi connectivity index (χ3n) is 3.73. The van der Waals surface area contributed by atoms with E-state index < -0.39 is 0 Å². The van der Waals surface area contributed by atoms with E-state index >= 15 is 0 Å². The molecule has 0 bridgehead atoms. The topological polar surface area (TPSA) is 41.9 Å². The summed E-state index contributed by atoms with van der Waals surface area (Å²) in [4.78, 5) is 18.1. The van der Waals surface area contributed by atoms with E-state index in [9.17, 15) is 4.79 Å². The standard InChI is InChI=1S/C20H24N2O2/c1-3-4-8-15-22(19-9-6-5-7-10-19)16-21-18-13-11-17(12-14-18)20(23)24-2/h5-7,9-14,16H,3-4,8,15H2,1-2H3. The molecule has 0 heterocycles. The predicted octanol–water partition coefficient (Wildman–Crippen LogP) is 4.83. The van der Waals surface area contributed by atoms with Crippen LogP contribution in [0.1, 0.15) is 36.5 Å². The Labute approximate surface area is 143 Å². The second kappa shape index (κ2) is 9.50. The minimum atomic E-state index is -0.337. The highest BCUT2D eigenvalue weighted by atomic mass is 16.5. The van der Waals surface area contributed by atoms with Gasteiger partial charge in [-0.1, -0.05) is 38.0 Å². The van der Waals surface area contributed by atoms with Crippen molar-refractivity contribution in [2.75, 3.05) is 18.6 Å². The monoisotopic (exact) mass is 324 g/mol. The number of hydrogen-bond acceptors (Lipinski definition) is 3. The second-order valence-corrected chi connectivity index (χ2v) is 5.52. The van der Waals surface area contributed by atoms with Crippen LogP contribution in [0.3, 0.4) is 0 Å². The van der Waals surface area contributed by atoms with E-state index in [1.54, 1.807) is 12.1 Å². The number of hydrogen-bond donors (Lipinski definition) is 0. The largest absolute Gasteiger partial charge is 0.465 e. The molecule has 0 spiro atoms. The molecule has 126 valence electrons. The summed E-state index contributed by atoms with van der Waals surface area (Å²) in [6.45, 7) is 3.13. The highest BCUT2D eigenvalue weighted by Gasteiger charge is 2.05. The van der Waals surface area contributed by atoms with Crippen molar-refractivity contribution < 1.29 is 9.53 Å². The van der Waals surface area contributed by atoms with Crippen LogP contribution in [0.2, 0.25) is 0 Å². The fraction of sp³-hybridized carbons (Fsp3) is 0.300. The number of rotatable bonds is 8. The molecule has 4 nitrogen and oxygen atoms in total. The van der Waals surface area contributed by atoms with Crippen LogP contribution < -0.4 is 4.90 Å². The molecule has 2 aromatic rings. The highest BCUT2D eigenvalue weighted by Crippen LogP contribution is 2.16. The van der Waals surface area contributed by atoms with E-state index in [0.717, 1.165) is 24.3 Å². The number of carbonyl (C=O) groups is 1. The molecule has 2 aromatic carbocycles. The van der Waals surface area contributed by atoms with Crippen LogP contribution in [0.15, 0.2) is 59.6 Å². The van der Waals surface area contributed by atoms with Crippen LogP contribution >= 0.6 is 0 Å². The van der Waals surface area contributed by atoms with Gasteiger partial charge in [-0.3, -0.25) is 0 Å². The molecule has 0 unspecified atom stereocenters. The second-order valence-electron chi connectivity index (χ2n) is 5.52. The van der Waals surface area contributed by atoms with Crippen molar-refractivity contribution in [2.45, 2.75) is 26.2 Å². The van der Waals surface area contributed by atoms with E-state index in [-0.39, 0.29) is 5.97 Å². The predicted molar refractivity (Wildman–Crippen MR) is 99.2 cm³/mol. The summed E-state index contributed by atoms with van der Waals surface area (Å²) in [5.74, 6) is -0.337. The SMILES string of the molecule is CCCCCN(C=Nc1ccc(C(=O)OC)cc1)c1ccccc1. The normalized spacial score (nSPS) is 10.8. The van der Waals surface area contributed by atoms with Gasteiger partial charge < -0.3 is 9.64 Å². The zero-order valence-corrected chi connectivity index (χ0v) is 14.3. The summed E-state index contributed by atoms with van der Waals surface area (Å²) in [6, 6.07) is 17.3. The molecule has 4 heteroatoms. The lowest BCUT2D eigenvalue weighted by molar-refractivity contribution is 0.0601. The van der Waals surface area contributed by atoms with Crippen molar-refractivity contribution >= 4 is 23.7 Å². The Morgan fingerprint density at radius 2 is 1.79 bits per heavy atom. The molecule has 2 rings (SSSR count). The Morgan fingerprint density at radius 1 is 1.08 bits per heavy atom. The number of aliphatic imine (C=N–C) groups is 1. The number of para-hydroxylation sites is 1. The Balaban J connectivity index is 2.10. The van der Waals surface area contributed by atoms with Crippen molar-refractivity contribution in [2.24, 2.45) is 4.99 Å². The van der Waals surface area contributed by atoms with Crippen molar-refractivity contribution in [1.29, 1.82) is 0 Å². The van der Waals surface area contributed by atoms with Crippen molar-refractivity contribution in [3.05, 3.63) is 60.2 Å². The highest BCUT2D eigenvalue weighted by molar-refractivity contribution is 5.89. The molecule has 24 heavy (non-hydrogen) atoms. The number of nitrogens with zero attached hydrogens (tertiary/aromatic N) is 2. The Kier molecular flexibility index (Phi) is 7.02. The van der Waals surface area contributed by atoms with Gasteiger partial charge in [0.05, 0.1) is 24.7 Å². The minimum Gasteiger partial charge on any atom is -0.465 e. The lowest BCUT2D eigenvalue weighted by Gasteiger charge is -2.19. The smallest absolute Gasteiger partial charge is 0.337 e. The van der Waals surface area contributed by atoms with Gasteiger partial charge in [-0.25, -0.2) is 9.79 Å². The number of methoxy groups -OCH3 is 1. The molecule has 0 saturated carbocycles. The van der Waals surface area contributed by atoms with Crippen molar-refractivity contribution in [3.63, 3.8) is 0 Å². The van der Waals surface area contributed by atoms with E-state index in [1.165, 1.54) is 20.0 Å². The molecular weight excluding hydrogens is 300 g/mol. The fourth-order valence-electron chi connectivity index (χ4n) is 2.34. The van der Waals surface area contributed by atoms with Gasteiger partial charge in [-0.05, 0) is 42.8 Å². The first-order valence-electron chi connectivity index (χ1n) is 8.29. The third-order valence-corrected chi connectivity index (χ3v) is 3.73. The zero-order chi connectivity index (χ0) is 17.2. The molecule has 0 radical (unpaired) electrons. The number of carbonyl (C=O) groups excluding carboxylic acids is 1. The number of benzene rings is 2. The number of anilines is 1. The third kappa shape index (κ3) is 5.23. The first kappa shape index (κ1) is 17.7. The summed E-state index contributed by atoms with van der Waals surface area (Å²) in [5.41, 5.74) is 2.46. The fourth-order valence-corrected chi connectivity index (χ4v) is 2.34. The van der Waals surface area contributed by atoms with Gasteiger partial charge in [0.25, 0.3) is 0 Å². The first-order valence-corrected chi connectivity index (χ1v) is 8.29. The lowest BCUT2D eigenvalue weighted by atomic mass is 10.2. The van der Waals surface area contributed by atoms with Gasteiger partial charge in [-0.15, -0.1) is 0 Å². The van der Waals surface area contributed by atoms with Crippen LogP contribution in [-0.4, -0.2) is 26.0 Å². The summed E-state index contributed by atoms with van der Waals surface area (Å²) in [5, 5.41) is 0. The van der Waals surface area contributed by atoms with Crippen LogP contribution in [0.5, 0.6) is 0 Å². The van der Waals surface area contributed by atoms with Crippen LogP contribution in [0, 0.1) is 0 Å². The summed E-state index contributed by atoms with van der Waals surface area (Å²) >= 11 is 0. The Morgan fingerprint density at radius 3 is 2.42 bits per heavy atom. The number of ether oxygens (including phenoxy) is 1. The minimum absolute atomic E-state index is 0.337. The van der Waals surface area contributed by atoms with Crippen molar-refractivity contribution in [1.82, 2.24) is 0 Å². The van der Waals surface area contributed by atoms with Gasteiger partial charge in [0.1, 0.15) is 0 Å². The summed E-state index contributed by atoms with van der Waals surface area (Å²) < 4.78 is 4.70. The molecule has 0 saturated heterocycles. The first-order chi connectivity index (χ1) is 11.7. The van der Waals surface area contributed by atoms with E-state index in [4.69, 9.17) is 4.74 Å². The van der Waals surface area contributed by atoms with Crippen molar-refractivity contribution in [3.8, 4) is 0 Å². The number of unbranched alkanes of at least 4 members (excludes halogenated alkanes) is 2. The van der Waals surface area contributed by atoms with Gasteiger partial charge in [0, 0.05) is 12.2 Å². The average Bonchev–Trinajstić information content (AvgIpc) is 2.65. The molecular formula is C20H24N2O2. The molecule has 0 aliphatic heterocycles. The van der Waals surface area contributed by atoms with Crippen LogP contribution in [0.25, 0.3) is 0 Å². The Hall–Kier alpha value is -2.62. The quantitative estimate of drug-likeness (QED) is 0.302. The average molecular weight is 324 g/mol. The zero-order valence-electron chi connectivity index (χ0n) is 14.3. The number of esters is 1. The van der Waals surface area contributed by atoms with Gasteiger partial charge >= 0.3 is 5.97 Å².